The third kappa shape index (κ3) is 3.05. The van der Waals surface area contributed by atoms with Gasteiger partial charge in [-0.3, -0.25) is 4.79 Å². The van der Waals surface area contributed by atoms with Gasteiger partial charge in [-0.15, -0.1) is 0 Å². The molecular formula is C19H27NO2. The van der Waals surface area contributed by atoms with E-state index in [0.29, 0.717) is 12.6 Å². The maximum absolute atomic E-state index is 12.9. The summed E-state index contributed by atoms with van der Waals surface area (Å²) in [5, 5.41) is 0. The van der Waals surface area contributed by atoms with Crippen LogP contribution >= 0.6 is 0 Å². The Hall–Kier alpha value is -1.35. The molecule has 0 N–H and O–H groups in total. The van der Waals surface area contributed by atoms with E-state index in [-0.39, 0.29) is 5.97 Å². The molecule has 2 fully saturated rings. The van der Waals surface area contributed by atoms with Crippen molar-refractivity contribution in [1.29, 1.82) is 0 Å². The number of hydrogen-bond donors (Lipinski definition) is 0. The molecule has 1 saturated heterocycles. The van der Waals surface area contributed by atoms with Crippen molar-refractivity contribution in [2.75, 3.05) is 20.2 Å². The van der Waals surface area contributed by atoms with Crippen molar-refractivity contribution >= 4 is 5.97 Å². The number of carbonyl (C=O) groups excluding carboxylic acids is 1. The molecule has 1 aromatic rings. The summed E-state index contributed by atoms with van der Waals surface area (Å²) in [5.41, 5.74) is 0.739. The number of likely N-dealkylation sites (N-methyl/N-ethyl adjacent to an activating group) is 1. The second-order valence-electron chi connectivity index (χ2n) is 6.88. The van der Waals surface area contributed by atoms with Crippen LogP contribution in [0.2, 0.25) is 0 Å². The molecule has 0 amide bonds. The molecule has 0 unspecified atom stereocenters. The van der Waals surface area contributed by atoms with Gasteiger partial charge in [-0.1, -0.05) is 49.6 Å². The standard InChI is InChI=1S/C19H27NO2/c1-20-14-8-5-11-17(20)15-22-18(21)19(12-6-7-13-19)16-9-3-2-4-10-16/h2-4,9-10,17H,5-8,11-15H2,1H3/t17-/m1/s1. The van der Waals surface area contributed by atoms with E-state index in [1.165, 1.54) is 12.8 Å². The first-order chi connectivity index (χ1) is 10.7. The van der Waals surface area contributed by atoms with Gasteiger partial charge in [0.15, 0.2) is 0 Å². The average molecular weight is 301 g/mol. The molecule has 1 aromatic carbocycles. The molecule has 22 heavy (non-hydrogen) atoms. The van der Waals surface area contributed by atoms with Crippen molar-refractivity contribution < 1.29 is 9.53 Å². The van der Waals surface area contributed by atoms with Crippen molar-refractivity contribution in [1.82, 2.24) is 4.90 Å². The molecule has 2 aliphatic rings. The number of rotatable bonds is 4. The van der Waals surface area contributed by atoms with Gasteiger partial charge in [-0.05, 0) is 44.8 Å². The van der Waals surface area contributed by atoms with Crippen LogP contribution in [0.5, 0.6) is 0 Å². The monoisotopic (exact) mass is 301 g/mol. The predicted octanol–water partition coefficient (Wildman–Crippen LogP) is 3.53. The minimum absolute atomic E-state index is 0.00447. The van der Waals surface area contributed by atoms with Gasteiger partial charge in [0.1, 0.15) is 6.61 Å². The first-order valence-electron chi connectivity index (χ1n) is 8.65. The zero-order valence-electron chi connectivity index (χ0n) is 13.6. The molecule has 3 heteroatoms. The quantitative estimate of drug-likeness (QED) is 0.797. The van der Waals surface area contributed by atoms with Crippen LogP contribution in [0.1, 0.15) is 50.5 Å². The number of benzene rings is 1. The summed E-state index contributed by atoms with van der Waals surface area (Å²) in [6.07, 6.45) is 7.74. The van der Waals surface area contributed by atoms with Crippen molar-refractivity contribution in [3.8, 4) is 0 Å². The van der Waals surface area contributed by atoms with E-state index in [1.54, 1.807) is 0 Å². The lowest BCUT2D eigenvalue weighted by atomic mass is 9.79. The lowest BCUT2D eigenvalue weighted by molar-refractivity contribution is -0.152. The van der Waals surface area contributed by atoms with E-state index < -0.39 is 5.41 Å². The second kappa shape index (κ2) is 6.82. The van der Waals surface area contributed by atoms with Gasteiger partial charge in [-0.2, -0.15) is 0 Å². The van der Waals surface area contributed by atoms with Crippen LogP contribution < -0.4 is 0 Å². The highest BCUT2D eigenvalue weighted by molar-refractivity contribution is 5.83. The Kier molecular flexibility index (Phi) is 4.82. The fourth-order valence-corrected chi connectivity index (χ4v) is 4.01. The molecule has 1 atom stereocenters. The first kappa shape index (κ1) is 15.5. The number of carbonyl (C=O) groups is 1. The fourth-order valence-electron chi connectivity index (χ4n) is 4.01. The van der Waals surface area contributed by atoms with Crippen molar-refractivity contribution in [2.24, 2.45) is 0 Å². The van der Waals surface area contributed by atoms with E-state index in [1.807, 2.05) is 18.2 Å². The molecular weight excluding hydrogens is 274 g/mol. The molecule has 1 aliphatic heterocycles. The number of piperidine rings is 1. The first-order valence-corrected chi connectivity index (χ1v) is 8.65. The van der Waals surface area contributed by atoms with Crippen LogP contribution in [0.4, 0.5) is 0 Å². The van der Waals surface area contributed by atoms with Crippen LogP contribution in [-0.2, 0) is 14.9 Å². The van der Waals surface area contributed by atoms with Crippen LogP contribution in [0.3, 0.4) is 0 Å². The number of nitrogens with zero attached hydrogens (tertiary/aromatic N) is 1. The average Bonchev–Trinajstić information content (AvgIpc) is 3.06. The van der Waals surface area contributed by atoms with E-state index >= 15 is 0 Å². The summed E-state index contributed by atoms with van der Waals surface area (Å²) in [5.74, 6) is -0.00447. The summed E-state index contributed by atoms with van der Waals surface area (Å²) in [6.45, 7) is 1.66. The van der Waals surface area contributed by atoms with E-state index in [0.717, 1.165) is 44.2 Å². The number of likely N-dealkylation sites (tertiary alicyclic amines) is 1. The van der Waals surface area contributed by atoms with E-state index in [4.69, 9.17) is 4.74 Å². The highest BCUT2D eigenvalue weighted by Crippen LogP contribution is 2.42. The zero-order chi connectivity index (χ0) is 15.4. The summed E-state index contributed by atoms with van der Waals surface area (Å²) in [6, 6.07) is 10.6. The molecule has 1 aliphatic carbocycles. The summed E-state index contributed by atoms with van der Waals surface area (Å²) < 4.78 is 5.81. The van der Waals surface area contributed by atoms with E-state index in [2.05, 4.69) is 24.1 Å². The van der Waals surface area contributed by atoms with Gasteiger partial charge in [0.2, 0.25) is 0 Å². The third-order valence-corrected chi connectivity index (χ3v) is 5.50. The third-order valence-electron chi connectivity index (χ3n) is 5.50. The van der Waals surface area contributed by atoms with Crippen molar-refractivity contribution in [2.45, 2.75) is 56.4 Å². The minimum Gasteiger partial charge on any atom is -0.463 e. The summed E-state index contributed by atoms with van der Waals surface area (Å²) in [7, 11) is 2.14. The van der Waals surface area contributed by atoms with Gasteiger partial charge in [-0.25, -0.2) is 0 Å². The van der Waals surface area contributed by atoms with Crippen molar-refractivity contribution in [3.05, 3.63) is 35.9 Å². The Morgan fingerprint density at radius 2 is 1.91 bits per heavy atom. The number of esters is 1. The summed E-state index contributed by atoms with van der Waals surface area (Å²) in [4.78, 5) is 15.2. The second-order valence-corrected chi connectivity index (χ2v) is 6.88. The molecule has 3 rings (SSSR count). The van der Waals surface area contributed by atoms with Crippen LogP contribution in [-0.4, -0.2) is 37.1 Å². The molecule has 120 valence electrons. The van der Waals surface area contributed by atoms with Gasteiger partial charge in [0.25, 0.3) is 0 Å². The van der Waals surface area contributed by atoms with Gasteiger partial charge < -0.3 is 9.64 Å². The molecule has 0 bridgehead atoms. The highest BCUT2D eigenvalue weighted by atomic mass is 16.5. The largest absolute Gasteiger partial charge is 0.463 e. The smallest absolute Gasteiger partial charge is 0.316 e. The van der Waals surface area contributed by atoms with Crippen LogP contribution in [0, 0.1) is 0 Å². The van der Waals surface area contributed by atoms with E-state index in [9.17, 15) is 4.79 Å². The van der Waals surface area contributed by atoms with Gasteiger partial charge in [0, 0.05) is 6.04 Å². The SMILES string of the molecule is CN1CCCC[C@@H]1COC(=O)C1(c2ccccc2)CCCC1. The normalized spacial score (nSPS) is 25.0. The van der Waals surface area contributed by atoms with Crippen molar-refractivity contribution in [3.63, 3.8) is 0 Å². The Bertz CT molecular complexity index is 493. The molecule has 0 aromatic heterocycles. The molecule has 0 spiro atoms. The molecule has 0 radical (unpaired) electrons. The van der Waals surface area contributed by atoms with Crippen LogP contribution in [0.25, 0.3) is 0 Å². The lowest BCUT2D eigenvalue weighted by Gasteiger charge is -2.33. The maximum atomic E-state index is 12.9. The Morgan fingerprint density at radius 1 is 1.18 bits per heavy atom. The predicted molar refractivity (Wildman–Crippen MR) is 87.8 cm³/mol. The molecule has 3 nitrogen and oxygen atoms in total. The Balaban J connectivity index is 1.68. The van der Waals surface area contributed by atoms with Crippen LogP contribution in [0.15, 0.2) is 30.3 Å². The van der Waals surface area contributed by atoms with Gasteiger partial charge in [0.05, 0.1) is 5.41 Å². The Morgan fingerprint density at radius 3 is 2.59 bits per heavy atom. The molecule has 1 saturated carbocycles. The Labute approximate surface area is 133 Å². The summed E-state index contributed by atoms with van der Waals surface area (Å²) >= 11 is 0. The fraction of sp³-hybridized carbons (Fsp3) is 0.632. The van der Waals surface area contributed by atoms with Gasteiger partial charge >= 0.3 is 5.97 Å². The number of hydrogen-bond acceptors (Lipinski definition) is 3. The maximum Gasteiger partial charge on any atom is 0.316 e. The highest BCUT2D eigenvalue weighted by Gasteiger charge is 2.44. The topological polar surface area (TPSA) is 29.5 Å². The molecule has 1 heterocycles. The number of ether oxygens (including phenoxy) is 1. The minimum atomic E-state index is -0.394. The lowest BCUT2D eigenvalue weighted by Crippen LogP contribution is -2.42. The zero-order valence-corrected chi connectivity index (χ0v) is 13.6.